The molecule has 2 unspecified atom stereocenters. The molecule has 3 nitrogen and oxygen atoms in total. The SMILES string of the molecule is CCCC(N)C(=O)NC(c1cccc(F)c1)c1cccc(Br)c1.Cl. The van der Waals surface area contributed by atoms with Crippen molar-refractivity contribution in [3.8, 4) is 0 Å². The molecule has 2 atom stereocenters. The maximum Gasteiger partial charge on any atom is 0.237 e. The lowest BCUT2D eigenvalue weighted by molar-refractivity contribution is -0.123. The molecule has 0 aliphatic carbocycles. The summed E-state index contributed by atoms with van der Waals surface area (Å²) < 4.78 is 14.5. The lowest BCUT2D eigenvalue weighted by Gasteiger charge is -2.22. The van der Waals surface area contributed by atoms with Crippen molar-refractivity contribution in [2.24, 2.45) is 5.73 Å². The van der Waals surface area contributed by atoms with Crippen molar-refractivity contribution < 1.29 is 9.18 Å². The van der Waals surface area contributed by atoms with Crippen LogP contribution in [0.5, 0.6) is 0 Å². The molecule has 0 saturated carbocycles. The standard InChI is InChI=1S/C18H20BrFN2O.ClH/c1-2-5-16(21)18(23)22-17(12-6-3-8-14(19)10-12)13-7-4-9-15(20)11-13;/h3-4,6-11,16-17H,2,5,21H2,1H3,(H,22,23);1H. The number of carbonyl (C=O) groups excluding carboxylic acids is 1. The van der Waals surface area contributed by atoms with Gasteiger partial charge in [0.2, 0.25) is 5.91 Å². The van der Waals surface area contributed by atoms with Gasteiger partial charge < -0.3 is 11.1 Å². The number of benzene rings is 2. The van der Waals surface area contributed by atoms with E-state index in [4.69, 9.17) is 5.73 Å². The molecule has 24 heavy (non-hydrogen) atoms. The number of hydrogen-bond acceptors (Lipinski definition) is 2. The Morgan fingerprint density at radius 1 is 1.21 bits per heavy atom. The van der Waals surface area contributed by atoms with E-state index in [2.05, 4.69) is 21.2 Å². The number of halogens is 3. The fourth-order valence-corrected chi connectivity index (χ4v) is 2.84. The molecule has 6 heteroatoms. The van der Waals surface area contributed by atoms with Gasteiger partial charge in [0.15, 0.2) is 0 Å². The van der Waals surface area contributed by atoms with Crippen LogP contribution < -0.4 is 11.1 Å². The Morgan fingerprint density at radius 2 is 1.83 bits per heavy atom. The first-order valence-electron chi connectivity index (χ1n) is 7.58. The highest BCUT2D eigenvalue weighted by Crippen LogP contribution is 2.25. The van der Waals surface area contributed by atoms with Crippen LogP contribution in [0, 0.1) is 5.82 Å². The maximum atomic E-state index is 13.6. The molecular formula is C18H21BrClFN2O. The van der Waals surface area contributed by atoms with Gasteiger partial charge in [0.25, 0.3) is 0 Å². The van der Waals surface area contributed by atoms with Crippen LogP contribution in [-0.2, 0) is 4.79 Å². The number of hydrogen-bond donors (Lipinski definition) is 2. The van der Waals surface area contributed by atoms with Crippen LogP contribution in [0.25, 0.3) is 0 Å². The lowest BCUT2D eigenvalue weighted by Crippen LogP contribution is -2.42. The van der Waals surface area contributed by atoms with E-state index >= 15 is 0 Å². The summed E-state index contributed by atoms with van der Waals surface area (Å²) in [5.74, 6) is -0.573. The van der Waals surface area contributed by atoms with E-state index in [1.54, 1.807) is 12.1 Å². The first kappa shape index (κ1) is 20.6. The van der Waals surface area contributed by atoms with Gasteiger partial charge >= 0.3 is 0 Å². The molecule has 0 bridgehead atoms. The van der Waals surface area contributed by atoms with Crippen molar-refractivity contribution in [1.29, 1.82) is 0 Å². The molecule has 2 rings (SSSR count). The summed E-state index contributed by atoms with van der Waals surface area (Å²) in [6.45, 7) is 1.98. The second-order valence-electron chi connectivity index (χ2n) is 5.45. The van der Waals surface area contributed by atoms with Gasteiger partial charge in [0.05, 0.1) is 12.1 Å². The quantitative estimate of drug-likeness (QED) is 0.737. The molecule has 3 N–H and O–H groups in total. The average Bonchev–Trinajstić information content (AvgIpc) is 2.52. The number of nitrogens with two attached hydrogens (primary N) is 1. The molecule has 0 saturated heterocycles. The number of nitrogens with one attached hydrogen (secondary N) is 1. The van der Waals surface area contributed by atoms with Crippen LogP contribution in [0.2, 0.25) is 0 Å². The Morgan fingerprint density at radius 3 is 2.42 bits per heavy atom. The summed E-state index contributed by atoms with van der Waals surface area (Å²) in [6.07, 6.45) is 1.44. The minimum Gasteiger partial charge on any atom is -0.344 e. The zero-order valence-corrected chi connectivity index (χ0v) is 15.7. The fourth-order valence-electron chi connectivity index (χ4n) is 2.42. The summed E-state index contributed by atoms with van der Waals surface area (Å²) in [4.78, 5) is 12.3. The largest absolute Gasteiger partial charge is 0.344 e. The smallest absolute Gasteiger partial charge is 0.237 e. The van der Waals surface area contributed by atoms with E-state index in [0.29, 0.717) is 12.0 Å². The zero-order valence-electron chi connectivity index (χ0n) is 13.3. The van der Waals surface area contributed by atoms with E-state index in [9.17, 15) is 9.18 Å². The van der Waals surface area contributed by atoms with Crippen molar-refractivity contribution in [3.05, 3.63) is 69.9 Å². The third-order valence-corrected chi connectivity index (χ3v) is 4.08. The summed E-state index contributed by atoms with van der Waals surface area (Å²) in [5.41, 5.74) is 7.44. The topological polar surface area (TPSA) is 55.1 Å². The Kier molecular flexibility index (Phi) is 8.39. The van der Waals surface area contributed by atoms with Crippen molar-refractivity contribution in [2.75, 3.05) is 0 Å². The second kappa shape index (κ2) is 9.77. The van der Waals surface area contributed by atoms with Crippen LogP contribution in [0.1, 0.15) is 36.9 Å². The molecule has 0 fully saturated rings. The van der Waals surface area contributed by atoms with Gasteiger partial charge in [-0.15, -0.1) is 12.4 Å². The van der Waals surface area contributed by atoms with E-state index in [-0.39, 0.29) is 24.1 Å². The van der Waals surface area contributed by atoms with Crippen molar-refractivity contribution in [1.82, 2.24) is 5.32 Å². The molecule has 0 aromatic heterocycles. The Bertz CT molecular complexity index is 638. The predicted molar refractivity (Wildman–Crippen MR) is 101 cm³/mol. The summed E-state index contributed by atoms with van der Waals surface area (Å²) >= 11 is 3.43. The van der Waals surface area contributed by atoms with Gasteiger partial charge in [0.1, 0.15) is 5.82 Å². The minimum atomic E-state index is -0.566. The average molecular weight is 416 g/mol. The van der Waals surface area contributed by atoms with Gasteiger partial charge in [-0.05, 0) is 41.8 Å². The van der Waals surface area contributed by atoms with E-state index in [0.717, 1.165) is 16.5 Å². The summed E-state index contributed by atoms with van der Waals surface area (Å²) in [6, 6.07) is 12.8. The highest BCUT2D eigenvalue weighted by Gasteiger charge is 2.21. The van der Waals surface area contributed by atoms with E-state index in [1.165, 1.54) is 12.1 Å². The molecule has 0 spiro atoms. The molecule has 0 radical (unpaired) electrons. The van der Waals surface area contributed by atoms with E-state index < -0.39 is 12.1 Å². The Hall–Kier alpha value is -1.43. The Balaban J connectivity index is 0.00000288. The van der Waals surface area contributed by atoms with Crippen LogP contribution in [0.15, 0.2) is 53.0 Å². The maximum absolute atomic E-state index is 13.6. The molecular weight excluding hydrogens is 395 g/mol. The van der Waals surface area contributed by atoms with Crippen molar-refractivity contribution in [2.45, 2.75) is 31.8 Å². The summed E-state index contributed by atoms with van der Waals surface area (Å²) in [5, 5.41) is 2.94. The molecule has 0 aliphatic heterocycles. The Labute approximate surface area is 156 Å². The van der Waals surface area contributed by atoms with E-state index in [1.807, 2.05) is 31.2 Å². The number of rotatable bonds is 6. The highest BCUT2D eigenvalue weighted by atomic mass is 79.9. The highest BCUT2D eigenvalue weighted by molar-refractivity contribution is 9.10. The third-order valence-electron chi connectivity index (χ3n) is 3.59. The molecule has 0 aliphatic rings. The fraction of sp³-hybridized carbons (Fsp3) is 0.278. The van der Waals surface area contributed by atoms with Gasteiger partial charge in [-0.2, -0.15) is 0 Å². The molecule has 2 aromatic rings. The first-order chi connectivity index (χ1) is 11.0. The van der Waals surface area contributed by atoms with Crippen molar-refractivity contribution in [3.63, 3.8) is 0 Å². The van der Waals surface area contributed by atoms with Gasteiger partial charge in [-0.25, -0.2) is 4.39 Å². The molecule has 1 amide bonds. The van der Waals surface area contributed by atoms with Crippen LogP contribution in [0.4, 0.5) is 4.39 Å². The van der Waals surface area contributed by atoms with Crippen LogP contribution >= 0.6 is 28.3 Å². The molecule has 0 heterocycles. The van der Waals surface area contributed by atoms with Gasteiger partial charge in [0, 0.05) is 4.47 Å². The van der Waals surface area contributed by atoms with Gasteiger partial charge in [-0.1, -0.05) is 53.5 Å². The van der Waals surface area contributed by atoms with Gasteiger partial charge in [-0.3, -0.25) is 4.79 Å². The molecule has 2 aromatic carbocycles. The lowest BCUT2D eigenvalue weighted by atomic mass is 9.98. The first-order valence-corrected chi connectivity index (χ1v) is 8.37. The second-order valence-corrected chi connectivity index (χ2v) is 6.36. The van der Waals surface area contributed by atoms with Crippen LogP contribution in [-0.4, -0.2) is 11.9 Å². The molecule has 130 valence electrons. The predicted octanol–water partition coefficient (Wildman–Crippen LogP) is 4.34. The zero-order chi connectivity index (χ0) is 16.8. The summed E-state index contributed by atoms with van der Waals surface area (Å²) in [7, 11) is 0. The van der Waals surface area contributed by atoms with Crippen LogP contribution in [0.3, 0.4) is 0 Å². The number of amides is 1. The van der Waals surface area contributed by atoms with Crippen molar-refractivity contribution >= 4 is 34.2 Å². The third kappa shape index (κ3) is 5.58. The normalized spacial score (nSPS) is 12.8. The minimum absolute atomic E-state index is 0. The monoisotopic (exact) mass is 414 g/mol. The number of carbonyl (C=O) groups is 1.